The smallest absolute Gasteiger partial charge is 0.220 e. The van der Waals surface area contributed by atoms with E-state index in [2.05, 4.69) is 29.0 Å². The zero-order valence-corrected chi connectivity index (χ0v) is 19.5. The zero-order valence-electron chi connectivity index (χ0n) is 17.1. The standard InChI is InChI=1S/C19H38N4O.3ClH/c1-3-22-9-11-23(12-10-22)15-17(2)14-21-18(24)13-19(16-20)7-5-4-6-8-19;;;/h17H,3-16,20H2,1-2H3,(H,21,24);3*1H. The summed E-state index contributed by atoms with van der Waals surface area (Å²) in [6.45, 7) is 12.8. The monoisotopic (exact) mass is 446 g/mol. The SMILES string of the molecule is CCN1CCN(CC(C)CNC(=O)CC2(CN)CCCCC2)CC1.Cl.Cl.Cl. The average Bonchev–Trinajstić information content (AvgIpc) is 2.61. The van der Waals surface area contributed by atoms with Crippen molar-refractivity contribution in [1.29, 1.82) is 0 Å². The number of rotatable bonds is 8. The normalized spacial score (nSPS) is 21.1. The van der Waals surface area contributed by atoms with E-state index in [1.54, 1.807) is 0 Å². The molecule has 1 amide bonds. The molecule has 0 aromatic carbocycles. The van der Waals surface area contributed by atoms with E-state index in [1.165, 1.54) is 32.4 Å². The van der Waals surface area contributed by atoms with Gasteiger partial charge in [0, 0.05) is 45.7 Å². The molecule has 1 heterocycles. The minimum Gasteiger partial charge on any atom is -0.356 e. The molecule has 0 spiro atoms. The second-order valence-corrected chi connectivity index (χ2v) is 8.09. The lowest BCUT2D eigenvalue weighted by molar-refractivity contribution is -0.124. The molecule has 0 aromatic rings. The second-order valence-electron chi connectivity index (χ2n) is 8.09. The third-order valence-electron chi connectivity index (χ3n) is 6.01. The van der Waals surface area contributed by atoms with Crippen LogP contribution in [0.3, 0.4) is 0 Å². The van der Waals surface area contributed by atoms with Gasteiger partial charge in [-0.25, -0.2) is 0 Å². The lowest BCUT2D eigenvalue weighted by Crippen LogP contribution is -2.48. The van der Waals surface area contributed by atoms with E-state index in [1.807, 2.05) is 0 Å². The molecule has 3 N–H and O–H groups in total. The Morgan fingerprint density at radius 2 is 1.59 bits per heavy atom. The van der Waals surface area contributed by atoms with E-state index in [9.17, 15) is 4.79 Å². The van der Waals surface area contributed by atoms with Gasteiger partial charge in [-0.05, 0) is 37.3 Å². The van der Waals surface area contributed by atoms with Crippen LogP contribution in [0.25, 0.3) is 0 Å². The summed E-state index contributed by atoms with van der Waals surface area (Å²) in [5, 5.41) is 3.17. The zero-order chi connectivity index (χ0) is 17.4. The van der Waals surface area contributed by atoms with Gasteiger partial charge in [0.25, 0.3) is 0 Å². The summed E-state index contributed by atoms with van der Waals surface area (Å²) in [6.07, 6.45) is 6.61. The van der Waals surface area contributed by atoms with E-state index in [-0.39, 0.29) is 48.5 Å². The molecule has 8 heteroatoms. The van der Waals surface area contributed by atoms with Gasteiger partial charge in [-0.2, -0.15) is 0 Å². The van der Waals surface area contributed by atoms with Crippen LogP contribution >= 0.6 is 37.2 Å². The second kappa shape index (κ2) is 15.1. The predicted octanol–water partition coefficient (Wildman–Crippen LogP) is 2.94. The highest BCUT2D eigenvalue weighted by Crippen LogP contribution is 2.38. The van der Waals surface area contributed by atoms with Crippen LogP contribution < -0.4 is 11.1 Å². The molecular formula is C19H41Cl3N4O. The Morgan fingerprint density at radius 1 is 1.04 bits per heavy atom. The lowest BCUT2D eigenvalue weighted by Gasteiger charge is -2.36. The van der Waals surface area contributed by atoms with Crippen LogP contribution in [0.1, 0.15) is 52.4 Å². The number of nitrogens with one attached hydrogen (secondary N) is 1. The number of carbonyl (C=O) groups excluding carboxylic acids is 1. The highest BCUT2D eigenvalue weighted by molar-refractivity contribution is 5.86. The fraction of sp³-hybridized carbons (Fsp3) is 0.947. The molecule has 2 aliphatic rings. The van der Waals surface area contributed by atoms with Crippen molar-refractivity contribution >= 4 is 43.1 Å². The number of hydrogen-bond donors (Lipinski definition) is 2. The first-order valence-electron chi connectivity index (χ1n) is 9.98. The third-order valence-corrected chi connectivity index (χ3v) is 6.01. The van der Waals surface area contributed by atoms with Crippen LogP contribution in [-0.4, -0.2) is 68.1 Å². The van der Waals surface area contributed by atoms with Crippen molar-refractivity contribution in [2.75, 3.05) is 52.4 Å². The van der Waals surface area contributed by atoms with Crippen molar-refractivity contribution < 1.29 is 4.79 Å². The van der Waals surface area contributed by atoms with E-state index < -0.39 is 0 Å². The lowest BCUT2D eigenvalue weighted by atomic mass is 9.71. The van der Waals surface area contributed by atoms with Crippen LogP contribution in [0.5, 0.6) is 0 Å². The van der Waals surface area contributed by atoms with Crippen LogP contribution in [0.2, 0.25) is 0 Å². The van der Waals surface area contributed by atoms with Gasteiger partial charge in [0.2, 0.25) is 5.91 Å². The maximum absolute atomic E-state index is 12.4. The van der Waals surface area contributed by atoms with Crippen molar-refractivity contribution in [3.05, 3.63) is 0 Å². The minimum atomic E-state index is 0. The number of halogens is 3. The van der Waals surface area contributed by atoms with Gasteiger partial charge in [-0.1, -0.05) is 33.1 Å². The molecular weight excluding hydrogens is 407 g/mol. The van der Waals surface area contributed by atoms with Crippen LogP contribution in [0.15, 0.2) is 0 Å². The van der Waals surface area contributed by atoms with Crippen molar-refractivity contribution in [2.45, 2.75) is 52.4 Å². The molecule has 0 bridgehead atoms. The maximum Gasteiger partial charge on any atom is 0.220 e. The average molecular weight is 448 g/mol. The quantitative estimate of drug-likeness (QED) is 0.600. The fourth-order valence-electron chi connectivity index (χ4n) is 4.24. The van der Waals surface area contributed by atoms with Gasteiger partial charge in [-0.15, -0.1) is 37.2 Å². The maximum atomic E-state index is 12.4. The molecule has 5 nitrogen and oxygen atoms in total. The van der Waals surface area contributed by atoms with Gasteiger partial charge in [0.15, 0.2) is 0 Å². The Morgan fingerprint density at radius 3 is 2.11 bits per heavy atom. The van der Waals surface area contributed by atoms with E-state index in [0.717, 1.165) is 45.6 Å². The van der Waals surface area contributed by atoms with Crippen molar-refractivity contribution in [3.8, 4) is 0 Å². The Hall–Kier alpha value is 0.220. The van der Waals surface area contributed by atoms with Crippen LogP contribution in [0, 0.1) is 11.3 Å². The number of carbonyl (C=O) groups is 1. The number of amides is 1. The molecule has 1 aliphatic heterocycles. The Kier molecular flexibility index (Phi) is 16.5. The van der Waals surface area contributed by atoms with Gasteiger partial charge >= 0.3 is 0 Å². The third kappa shape index (κ3) is 10.00. The van der Waals surface area contributed by atoms with Crippen LogP contribution in [-0.2, 0) is 4.79 Å². The summed E-state index contributed by atoms with van der Waals surface area (Å²) in [5.74, 6) is 0.701. The Balaban J connectivity index is 0. The molecule has 1 aliphatic carbocycles. The van der Waals surface area contributed by atoms with Gasteiger partial charge in [-0.3, -0.25) is 4.79 Å². The van der Waals surface area contributed by atoms with E-state index >= 15 is 0 Å². The van der Waals surface area contributed by atoms with Gasteiger partial charge < -0.3 is 20.9 Å². The molecule has 1 saturated heterocycles. The molecule has 27 heavy (non-hydrogen) atoms. The highest BCUT2D eigenvalue weighted by atomic mass is 35.5. The molecule has 2 fully saturated rings. The number of hydrogen-bond acceptors (Lipinski definition) is 4. The molecule has 1 atom stereocenters. The first-order chi connectivity index (χ1) is 11.6. The summed E-state index contributed by atoms with van der Waals surface area (Å²) in [5.41, 5.74) is 6.07. The summed E-state index contributed by atoms with van der Waals surface area (Å²) < 4.78 is 0. The summed E-state index contributed by atoms with van der Waals surface area (Å²) in [7, 11) is 0. The summed E-state index contributed by atoms with van der Waals surface area (Å²) in [4.78, 5) is 17.4. The predicted molar refractivity (Wildman–Crippen MR) is 122 cm³/mol. The number of piperazine rings is 1. The van der Waals surface area contributed by atoms with E-state index in [0.29, 0.717) is 18.9 Å². The van der Waals surface area contributed by atoms with Gasteiger partial charge in [0.05, 0.1) is 0 Å². The Labute approximate surface area is 184 Å². The topological polar surface area (TPSA) is 61.6 Å². The van der Waals surface area contributed by atoms with Crippen molar-refractivity contribution in [3.63, 3.8) is 0 Å². The summed E-state index contributed by atoms with van der Waals surface area (Å²) >= 11 is 0. The van der Waals surface area contributed by atoms with Crippen LogP contribution in [0.4, 0.5) is 0 Å². The van der Waals surface area contributed by atoms with Gasteiger partial charge in [0.1, 0.15) is 0 Å². The fourth-order valence-corrected chi connectivity index (χ4v) is 4.24. The molecule has 1 saturated carbocycles. The molecule has 2 rings (SSSR count). The number of likely N-dealkylation sites (N-methyl/N-ethyl adjacent to an activating group) is 1. The first kappa shape index (κ1) is 29.4. The van der Waals surface area contributed by atoms with Crippen molar-refractivity contribution in [1.82, 2.24) is 15.1 Å². The number of nitrogens with two attached hydrogens (primary N) is 1. The number of nitrogens with zero attached hydrogens (tertiary/aromatic N) is 2. The largest absolute Gasteiger partial charge is 0.356 e. The first-order valence-corrected chi connectivity index (χ1v) is 9.98. The van der Waals surface area contributed by atoms with E-state index in [4.69, 9.17) is 5.73 Å². The highest BCUT2D eigenvalue weighted by Gasteiger charge is 2.32. The Bertz CT molecular complexity index is 387. The molecule has 0 aromatic heterocycles. The molecule has 164 valence electrons. The minimum absolute atomic E-state index is 0. The van der Waals surface area contributed by atoms with Crippen molar-refractivity contribution in [2.24, 2.45) is 17.1 Å². The summed E-state index contributed by atoms with van der Waals surface area (Å²) in [6, 6.07) is 0. The molecule has 1 unspecified atom stereocenters. The molecule has 0 radical (unpaired) electrons.